The third-order valence-corrected chi connectivity index (χ3v) is 16.8. The summed E-state index contributed by atoms with van der Waals surface area (Å²) in [7, 11) is 5.70. The number of unbranched alkanes of at least 4 members (excludes halogenated alkanes) is 2. The van der Waals surface area contributed by atoms with Crippen LogP contribution in [0.4, 0.5) is 21.0 Å². The largest absolute Gasteiger partial charge is 0.495 e. The molecule has 4 aliphatic heterocycles. The smallest absolute Gasteiger partial charge is 0.409 e. The van der Waals surface area contributed by atoms with Crippen LogP contribution in [0.5, 0.6) is 5.75 Å². The third-order valence-electron chi connectivity index (χ3n) is 16.1. The van der Waals surface area contributed by atoms with E-state index in [4.69, 9.17) is 52.6 Å². The number of likely N-dealkylation sites (N-methyl/N-ethyl adjacent to an activating group) is 1. The SMILES string of the molecule is COc1cc2cc(c1Cl)N(C)C(=O)C[C@H](OC(=O)[C@H](C)N(C)C(=O)c1ccc(NC(=O)[C@H](CCCNC(N)=O)NC(=O)[C@@H](NC(=O)CCCCCN3C(=O)C=CC3O)C(C)C)cc1Cl)[C@]1(C)O[C@H]1[C@H](C)[C@@H]1C[C@@](O)(NC(=O)O1)[C@H](OC)/C=C/C=C(\C)C2. The number of anilines is 2. The van der Waals surface area contributed by atoms with E-state index in [9.17, 15) is 53.4 Å². The second-order valence-corrected chi connectivity index (χ2v) is 23.7. The van der Waals surface area contributed by atoms with Crippen LogP contribution in [0.3, 0.4) is 0 Å². The monoisotopic (exact) mass is 1250 g/mol. The fraction of sp³-hybridized carbons (Fsp3) is 0.550. The number of urea groups is 1. The number of nitrogens with zero attached hydrogens (tertiary/aromatic N) is 3. The number of epoxide rings is 1. The van der Waals surface area contributed by atoms with Gasteiger partial charge in [0.15, 0.2) is 5.72 Å². The predicted molar refractivity (Wildman–Crippen MR) is 321 cm³/mol. The van der Waals surface area contributed by atoms with Crippen LogP contribution >= 0.6 is 23.2 Å². The lowest BCUT2D eigenvalue weighted by atomic mass is 9.83. The number of nitrogens with two attached hydrogens (primary N) is 1. The zero-order valence-corrected chi connectivity index (χ0v) is 52.1. The normalized spacial score (nSPS) is 25.7. The second kappa shape index (κ2) is 30.1. The summed E-state index contributed by atoms with van der Waals surface area (Å²) in [6.45, 7) is 10.5. The van der Waals surface area contributed by atoms with E-state index in [0.29, 0.717) is 43.7 Å². The number of esters is 1. The molecule has 4 aliphatic rings. The number of benzene rings is 2. The van der Waals surface area contributed by atoms with Gasteiger partial charge in [-0.3, -0.25) is 34.1 Å². The van der Waals surface area contributed by atoms with Crippen LogP contribution in [0, 0.1) is 11.8 Å². The van der Waals surface area contributed by atoms with Gasteiger partial charge in [-0.2, -0.15) is 0 Å². The number of rotatable bonds is 22. The summed E-state index contributed by atoms with van der Waals surface area (Å²) in [5.74, 6) is -5.03. The molecule has 0 radical (unpaired) electrons. The number of ether oxygens (including phenoxy) is 5. The van der Waals surface area contributed by atoms with Gasteiger partial charge in [-0.25, -0.2) is 14.4 Å². The summed E-state index contributed by atoms with van der Waals surface area (Å²) in [4.78, 5) is 124. The number of aliphatic hydroxyl groups is 2. The van der Waals surface area contributed by atoms with E-state index in [-0.39, 0.29) is 59.4 Å². The molecule has 9 N–H and O–H groups in total. The van der Waals surface area contributed by atoms with E-state index in [0.717, 1.165) is 16.0 Å². The van der Waals surface area contributed by atoms with Crippen molar-refractivity contribution < 1.29 is 77.0 Å². The van der Waals surface area contributed by atoms with Crippen molar-refractivity contribution in [1.29, 1.82) is 0 Å². The van der Waals surface area contributed by atoms with Gasteiger partial charge >= 0.3 is 18.1 Å². The molecule has 476 valence electrons. The van der Waals surface area contributed by atoms with Crippen LogP contribution in [-0.2, 0) is 54.1 Å². The van der Waals surface area contributed by atoms with E-state index < -0.39 is 126 Å². The molecule has 6 rings (SSSR count). The maximum atomic E-state index is 14.5. The minimum Gasteiger partial charge on any atom is -0.495 e. The first kappa shape index (κ1) is 68.8. The van der Waals surface area contributed by atoms with Gasteiger partial charge in [-0.05, 0) is 101 Å². The molecule has 11 atom stereocenters. The first-order chi connectivity index (χ1) is 41.0. The zero-order chi connectivity index (χ0) is 64.2. The Labute approximate surface area is 515 Å². The third kappa shape index (κ3) is 17.5. The summed E-state index contributed by atoms with van der Waals surface area (Å²) >= 11 is 13.6. The van der Waals surface area contributed by atoms with Gasteiger partial charge in [0, 0.05) is 64.8 Å². The number of nitrogens with one attached hydrogen (secondary N) is 5. The molecule has 0 aliphatic carbocycles. The van der Waals surface area contributed by atoms with Crippen LogP contribution < -0.4 is 42.0 Å². The second-order valence-electron chi connectivity index (χ2n) is 22.9. The number of methoxy groups -OCH3 is 2. The molecule has 27 heteroatoms. The number of carbonyl (C=O) groups is 9. The lowest BCUT2D eigenvalue weighted by molar-refractivity contribution is -0.158. The molecule has 25 nitrogen and oxygen atoms in total. The van der Waals surface area contributed by atoms with Crippen molar-refractivity contribution in [3.8, 4) is 5.75 Å². The van der Waals surface area contributed by atoms with Gasteiger partial charge in [-0.1, -0.05) is 74.2 Å². The molecular weight excluding hydrogens is 1170 g/mol. The molecule has 4 bridgehead atoms. The Balaban J connectivity index is 1.16. The molecule has 0 aromatic heterocycles. The highest BCUT2D eigenvalue weighted by Crippen LogP contribution is 2.49. The number of halogens is 2. The highest BCUT2D eigenvalue weighted by atomic mass is 35.5. The van der Waals surface area contributed by atoms with Crippen molar-refractivity contribution in [2.24, 2.45) is 17.6 Å². The summed E-state index contributed by atoms with van der Waals surface area (Å²) in [5, 5.41) is 35.0. The fourth-order valence-electron chi connectivity index (χ4n) is 10.7. The van der Waals surface area contributed by atoms with Crippen molar-refractivity contribution >= 4 is 88.1 Å². The average molecular weight is 1260 g/mol. The summed E-state index contributed by atoms with van der Waals surface area (Å²) in [6, 6.07) is 3.14. The van der Waals surface area contributed by atoms with E-state index in [2.05, 4.69) is 26.6 Å². The number of amides is 9. The summed E-state index contributed by atoms with van der Waals surface area (Å²) in [6.07, 6.45) is 3.47. The lowest BCUT2D eigenvalue weighted by Crippen LogP contribution is -2.63. The van der Waals surface area contributed by atoms with Gasteiger partial charge in [0.25, 0.3) is 5.91 Å². The molecule has 0 spiro atoms. The summed E-state index contributed by atoms with van der Waals surface area (Å²) < 4.78 is 29.5. The first-order valence-electron chi connectivity index (χ1n) is 28.8. The quantitative estimate of drug-likeness (QED) is 0.0447. The molecular formula is C60H81Cl2N9O16. The van der Waals surface area contributed by atoms with Crippen LogP contribution in [0.2, 0.25) is 10.0 Å². The fourth-order valence-corrected chi connectivity index (χ4v) is 11.3. The number of aliphatic hydroxyl groups excluding tert-OH is 1. The Bertz CT molecular complexity index is 3020. The molecule has 4 heterocycles. The number of hydrogen-bond donors (Lipinski definition) is 8. The van der Waals surface area contributed by atoms with Crippen molar-refractivity contribution in [1.82, 2.24) is 31.1 Å². The molecule has 2 saturated heterocycles. The number of carbonyl (C=O) groups excluding carboxylic acids is 9. The van der Waals surface area contributed by atoms with Crippen LogP contribution in [0.25, 0.3) is 0 Å². The van der Waals surface area contributed by atoms with E-state index in [1.165, 1.54) is 75.4 Å². The van der Waals surface area contributed by atoms with E-state index in [1.54, 1.807) is 52.0 Å². The molecule has 9 amide bonds. The Hall–Kier alpha value is -7.29. The predicted octanol–water partition coefficient (Wildman–Crippen LogP) is 4.77. The molecule has 1 unspecified atom stereocenters. The van der Waals surface area contributed by atoms with Crippen LogP contribution in [0.15, 0.2) is 66.3 Å². The first-order valence-corrected chi connectivity index (χ1v) is 29.5. The average Bonchev–Trinajstić information content (AvgIpc) is 1.81. The van der Waals surface area contributed by atoms with Crippen molar-refractivity contribution in [3.63, 3.8) is 0 Å². The van der Waals surface area contributed by atoms with Crippen LogP contribution in [-0.4, -0.2) is 175 Å². The Morgan fingerprint density at radius 1 is 0.989 bits per heavy atom. The molecule has 2 fully saturated rings. The standard InChI is InChI=1S/C60H81Cl2N9O16/c1-32(2)51(67-46(72)19-12-11-13-25-71-47(73)22-23-48(71)74)54(77)66-40(17-15-24-64-57(63)80)53(76)65-37-20-21-38(39(61)29-37)55(78)69(7)35(5)56(79)86-45-30-49(75)70(8)41-27-36(28-42(83-9)50(41)62)26-33(3)16-14-18-44(84-10)60(82)31-43(85-58(81)68-60)34(4)52-59(45,6)87-52/h14,16,18,20-23,27-29,32,34-35,40,43-45,47,51-52,73,82H,11-13,15,17,19,24-26,30-31H2,1-10H3,(H,65,76)(H,66,77)(H,67,72)(H,68,81)(H3,63,64,80)/b18-14+,33-16+/t34-,35+,40+,43+,44-,45+,47?,51+,52+,59+,60+/m1/s1. The van der Waals surface area contributed by atoms with Crippen LogP contribution in [0.1, 0.15) is 109 Å². The highest BCUT2D eigenvalue weighted by Gasteiger charge is 2.64. The Morgan fingerprint density at radius 2 is 1.71 bits per heavy atom. The summed E-state index contributed by atoms with van der Waals surface area (Å²) in [5.41, 5.74) is 3.88. The van der Waals surface area contributed by atoms with Gasteiger partial charge in [0.05, 0.1) is 35.9 Å². The minimum atomic E-state index is -1.93. The van der Waals surface area contributed by atoms with Crippen molar-refractivity contribution in [2.75, 3.05) is 51.6 Å². The Kier molecular flexibility index (Phi) is 23.8. The number of fused-ring (bicyclic) bond motifs is 5. The molecule has 0 saturated carbocycles. The van der Waals surface area contributed by atoms with Gasteiger partial charge < -0.3 is 75.6 Å². The van der Waals surface area contributed by atoms with Gasteiger partial charge in [0.2, 0.25) is 29.5 Å². The number of alkyl carbamates (subject to hydrolysis) is 1. The molecule has 87 heavy (non-hydrogen) atoms. The van der Waals surface area contributed by atoms with E-state index >= 15 is 0 Å². The number of allylic oxidation sites excluding steroid dienone is 3. The lowest BCUT2D eigenvalue weighted by Gasteiger charge is -2.42. The molecule has 2 aromatic carbocycles. The topological polar surface area (TPSA) is 339 Å². The minimum absolute atomic E-state index is 0.0145. The Morgan fingerprint density at radius 3 is 2.36 bits per heavy atom. The van der Waals surface area contributed by atoms with Crippen molar-refractivity contribution in [2.45, 2.75) is 159 Å². The van der Waals surface area contributed by atoms with Gasteiger partial charge in [0.1, 0.15) is 59.0 Å². The molecule has 2 aromatic rings. The maximum absolute atomic E-state index is 14.5. The number of hydrogen-bond acceptors (Lipinski definition) is 16. The van der Waals surface area contributed by atoms with Crippen molar-refractivity contribution in [3.05, 3.63) is 87.5 Å². The maximum Gasteiger partial charge on any atom is 0.409 e. The van der Waals surface area contributed by atoms with Gasteiger partial charge in [-0.15, -0.1) is 0 Å². The zero-order valence-electron chi connectivity index (χ0n) is 50.6. The highest BCUT2D eigenvalue weighted by molar-refractivity contribution is 6.35. The van der Waals surface area contributed by atoms with E-state index in [1.807, 2.05) is 13.0 Å². The number of primary amides is 1.